The molecule has 0 aliphatic heterocycles. The molecule has 0 radical (unpaired) electrons. The Balaban J connectivity index is 1.75. The monoisotopic (exact) mass is 589 g/mol. The van der Waals surface area contributed by atoms with Crippen LogP contribution >= 0.6 is 0 Å². The second kappa shape index (κ2) is 15.0. The SMILES string of the molecule is CCc1cccc(CNC[C@H](O)[C@H](Cc2cc(F)cc(F)c2)NC(=O)c2ccc(N(CCCO)S(C)(=O)=O)cc2)c1. The second-order valence-corrected chi connectivity index (χ2v) is 11.8. The first kappa shape index (κ1) is 32.1. The average molecular weight is 590 g/mol. The van der Waals surface area contributed by atoms with Crippen molar-refractivity contribution in [3.8, 4) is 0 Å². The molecule has 0 spiro atoms. The van der Waals surface area contributed by atoms with Gasteiger partial charge in [-0.3, -0.25) is 9.10 Å². The molecule has 0 aliphatic rings. The lowest BCUT2D eigenvalue weighted by Crippen LogP contribution is -2.48. The topological polar surface area (TPSA) is 119 Å². The molecule has 0 saturated heterocycles. The molecule has 8 nitrogen and oxygen atoms in total. The van der Waals surface area contributed by atoms with Gasteiger partial charge in [-0.2, -0.15) is 0 Å². The summed E-state index contributed by atoms with van der Waals surface area (Å²) in [4.78, 5) is 13.1. The van der Waals surface area contributed by atoms with Crippen LogP contribution in [0.3, 0.4) is 0 Å². The fraction of sp³-hybridized carbons (Fsp3) is 0.367. The summed E-state index contributed by atoms with van der Waals surface area (Å²) in [5, 5.41) is 26.1. The van der Waals surface area contributed by atoms with Gasteiger partial charge in [0.05, 0.1) is 24.1 Å². The fourth-order valence-corrected chi connectivity index (χ4v) is 5.43. The van der Waals surface area contributed by atoms with Crippen molar-refractivity contribution in [3.63, 3.8) is 0 Å². The normalized spacial score (nSPS) is 13.0. The summed E-state index contributed by atoms with van der Waals surface area (Å²) in [5.74, 6) is -2.07. The molecule has 0 unspecified atom stereocenters. The van der Waals surface area contributed by atoms with Crippen molar-refractivity contribution in [1.29, 1.82) is 0 Å². The maximum Gasteiger partial charge on any atom is 0.251 e. The van der Waals surface area contributed by atoms with Gasteiger partial charge in [0.1, 0.15) is 11.6 Å². The largest absolute Gasteiger partial charge is 0.396 e. The van der Waals surface area contributed by atoms with Crippen LogP contribution in [0.15, 0.2) is 66.7 Å². The minimum Gasteiger partial charge on any atom is -0.396 e. The Bertz CT molecular complexity index is 1380. The third-order valence-electron chi connectivity index (χ3n) is 6.58. The number of aliphatic hydroxyl groups is 2. The molecule has 3 aromatic rings. The van der Waals surface area contributed by atoms with Crippen molar-refractivity contribution < 1.29 is 32.2 Å². The molecule has 11 heteroatoms. The number of amides is 1. The molecule has 2 atom stereocenters. The Morgan fingerprint density at radius 2 is 1.63 bits per heavy atom. The molecule has 3 rings (SSSR count). The van der Waals surface area contributed by atoms with Gasteiger partial charge >= 0.3 is 0 Å². The minimum atomic E-state index is -3.61. The number of hydrogen-bond donors (Lipinski definition) is 4. The van der Waals surface area contributed by atoms with E-state index in [0.717, 1.165) is 40.7 Å². The maximum atomic E-state index is 13.9. The van der Waals surface area contributed by atoms with Crippen LogP contribution in [0.1, 0.15) is 40.4 Å². The van der Waals surface area contributed by atoms with Crippen molar-refractivity contribution in [1.82, 2.24) is 10.6 Å². The molecule has 0 aromatic heterocycles. The first-order valence-electron chi connectivity index (χ1n) is 13.4. The van der Waals surface area contributed by atoms with Gasteiger partial charge in [0.25, 0.3) is 5.91 Å². The molecule has 4 N–H and O–H groups in total. The highest BCUT2D eigenvalue weighted by Gasteiger charge is 2.24. The Labute approximate surface area is 240 Å². The molecule has 0 heterocycles. The molecule has 41 heavy (non-hydrogen) atoms. The lowest BCUT2D eigenvalue weighted by atomic mass is 10.00. The lowest BCUT2D eigenvalue weighted by Gasteiger charge is -2.25. The molecule has 3 aromatic carbocycles. The molecule has 1 amide bonds. The van der Waals surface area contributed by atoms with Crippen LogP contribution in [0.2, 0.25) is 0 Å². The second-order valence-electron chi connectivity index (χ2n) is 9.89. The minimum absolute atomic E-state index is 0.0321. The molecule has 0 bridgehead atoms. The van der Waals surface area contributed by atoms with E-state index in [0.29, 0.717) is 12.2 Å². The van der Waals surface area contributed by atoms with Crippen LogP contribution in [-0.2, 0) is 29.4 Å². The maximum absolute atomic E-state index is 13.9. The third kappa shape index (κ3) is 9.89. The molecule has 0 fully saturated rings. The Morgan fingerprint density at radius 3 is 2.24 bits per heavy atom. The summed E-state index contributed by atoms with van der Waals surface area (Å²) < 4.78 is 53.2. The Hall–Kier alpha value is -3.38. The van der Waals surface area contributed by atoms with E-state index in [2.05, 4.69) is 23.6 Å². The van der Waals surface area contributed by atoms with Crippen LogP contribution in [-0.4, -0.2) is 62.6 Å². The number of halogens is 2. The standard InChI is InChI=1S/C30H37F2N3O5S/c1-3-21-6-4-7-22(14-21)19-33-20-29(37)28(17-23-15-25(31)18-26(32)16-23)34-30(38)24-8-10-27(11-9-24)35(12-5-13-36)41(2,39)40/h4,6-11,14-16,18,28-29,33,36-37H,3,5,12-13,17,19-20H2,1-2H3,(H,34,38)/t28-,29-/m0/s1. The molecule has 0 aliphatic carbocycles. The van der Waals surface area contributed by atoms with Crippen molar-refractivity contribution in [2.45, 2.75) is 44.9 Å². The number of benzene rings is 3. The quantitative estimate of drug-likeness (QED) is 0.216. The van der Waals surface area contributed by atoms with Crippen LogP contribution in [0, 0.1) is 11.6 Å². The van der Waals surface area contributed by atoms with E-state index in [4.69, 9.17) is 5.11 Å². The molecule has 0 saturated carbocycles. The van der Waals surface area contributed by atoms with Gasteiger partial charge in [0.2, 0.25) is 10.0 Å². The van der Waals surface area contributed by atoms with E-state index < -0.39 is 39.7 Å². The van der Waals surface area contributed by atoms with Gasteiger partial charge in [0.15, 0.2) is 0 Å². The third-order valence-corrected chi connectivity index (χ3v) is 7.77. The summed E-state index contributed by atoms with van der Waals surface area (Å²) in [7, 11) is -3.61. The summed E-state index contributed by atoms with van der Waals surface area (Å²) in [6.45, 7) is 2.55. The highest BCUT2D eigenvalue weighted by Crippen LogP contribution is 2.19. The van der Waals surface area contributed by atoms with Crippen LogP contribution < -0.4 is 14.9 Å². The lowest BCUT2D eigenvalue weighted by molar-refractivity contribution is 0.0830. The van der Waals surface area contributed by atoms with E-state index in [1.54, 1.807) is 0 Å². The number of rotatable bonds is 15. The zero-order valence-electron chi connectivity index (χ0n) is 23.2. The Kier molecular flexibility index (Phi) is 11.8. The highest BCUT2D eigenvalue weighted by atomic mass is 32.2. The van der Waals surface area contributed by atoms with Crippen LogP contribution in [0.5, 0.6) is 0 Å². The van der Waals surface area contributed by atoms with E-state index in [-0.39, 0.29) is 43.7 Å². The number of carbonyl (C=O) groups excluding carboxylic acids is 1. The highest BCUT2D eigenvalue weighted by molar-refractivity contribution is 7.92. The zero-order chi connectivity index (χ0) is 30.0. The van der Waals surface area contributed by atoms with Crippen molar-refractivity contribution in [3.05, 3.63) is 101 Å². The van der Waals surface area contributed by atoms with E-state index >= 15 is 0 Å². The van der Waals surface area contributed by atoms with Gasteiger partial charge in [-0.25, -0.2) is 17.2 Å². The van der Waals surface area contributed by atoms with Crippen LogP contribution in [0.25, 0.3) is 0 Å². The number of sulfonamides is 1. The summed E-state index contributed by atoms with van der Waals surface area (Å²) in [6.07, 6.45) is 1.06. The van der Waals surface area contributed by atoms with E-state index in [9.17, 15) is 27.1 Å². The number of aliphatic hydroxyl groups excluding tert-OH is 2. The van der Waals surface area contributed by atoms with Crippen molar-refractivity contribution in [2.75, 3.05) is 30.3 Å². The summed E-state index contributed by atoms with van der Waals surface area (Å²) in [5.41, 5.74) is 3.02. The van der Waals surface area contributed by atoms with Crippen molar-refractivity contribution in [2.24, 2.45) is 0 Å². The number of anilines is 1. The fourth-order valence-electron chi connectivity index (χ4n) is 4.46. The Morgan fingerprint density at radius 1 is 0.976 bits per heavy atom. The summed E-state index contributed by atoms with van der Waals surface area (Å²) >= 11 is 0. The smallest absolute Gasteiger partial charge is 0.251 e. The number of aryl methyl sites for hydroxylation is 1. The zero-order valence-corrected chi connectivity index (χ0v) is 24.0. The van der Waals surface area contributed by atoms with E-state index in [1.807, 2.05) is 18.2 Å². The predicted octanol–water partition coefficient (Wildman–Crippen LogP) is 3.17. The number of nitrogens with zero attached hydrogens (tertiary/aromatic N) is 1. The van der Waals surface area contributed by atoms with E-state index in [1.165, 1.54) is 29.8 Å². The van der Waals surface area contributed by atoms with Gasteiger partial charge < -0.3 is 20.8 Å². The number of hydrogen-bond acceptors (Lipinski definition) is 6. The molecular formula is C30H37F2N3O5S. The summed E-state index contributed by atoms with van der Waals surface area (Å²) in [6, 6.07) is 16.0. The molecule has 222 valence electrons. The van der Waals surface area contributed by atoms with Gasteiger partial charge in [0, 0.05) is 37.9 Å². The predicted molar refractivity (Wildman–Crippen MR) is 155 cm³/mol. The number of carbonyl (C=O) groups is 1. The van der Waals surface area contributed by atoms with Gasteiger partial charge in [-0.05, 0) is 72.4 Å². The van der Waals surface area contributed by atoms with Crippen LogP contribution in [0.4, 0.5) is 14.5 Å². The first-order valence-corrected chi connectivity index (χ1v) is 15.3. The average Bonchev–Trinajstić information content (AvgIpc) is 2.92. The van der Waals surface area contributed by atoms with Gasteiger partial charge in [-0.15, -0.1) is 0 Å². The van der Waals surface area contributed by atoms with Crippen molar-refractivity contribution >= 4 is 21.6 Å². The first-order chi connectivity index (χ1) is 19.5. The number of nitrogens with one attached hydrogen (secondary N) is 2. The van der Waals surface area contributed by atoms with Gasteiger partial charge in [-0.1, -0.05) is 31.2 Å². The molecular weight excluding hydrogens is 552 g/mol.